The van der Waals surface area contributed by atoms with Gasteiger partial charge >= 0.3 is 0 Å². The lowest BCUT2D eigenvalue weighted by atomic mass is 9.99. The summed E-state index contributed by atoms with van der Waals surface area (Å²) in [7, 11) is 0. The Morgan fingerprint density at radius 1 is 1.05 bits per heavy atom. The minimum Gasteiger partial charge on any atom is -0.271 e. The van der Waals surface area contributed by atoms with Crippen molar-refractivity contribution in [1.29, 1.82) is 0 Å². The molecule has 1 atom stereocenters. The van der Waals surface area contributed by atoms with Crippen molar-refractivity contribution < 1.29 is 4.39 Å². The Balaban J connectivity index is 2.28. The maximum atomic E-state index is 13.1. The minimum atomic E-state index is -0.261. The van der Waals surface area contributed by atoms with E-state index in [4.69, 9.17) is 5.84 Å². The average molecular weight is 467 g/mol. The number of nitrogens with one attached hydrogen (secondary N) is 1. The molecule has 20 heavy (non-hydrogen) atoms. The van der Waals surface area contributed by atoms with Gasteiger partial charge in [0, 0.05) is 13.4 Å². The highest BCUT2D eigenvalue weighted by molar-refractivity contribution is 9.11. The van der Waals surface area contributed by atoms with Crippen LogP contribution < -0.4 is 11.3 Å². The van der Waals surface area contributed by atoms with E-state index in [1.54, 1.807) is 6.07 Å². The summed E-state index contributed by atoms with van der Waals surface area (Å²) in [4.78, 5) is 0. The Morgan fingerprint density at radius 2 is 1.70 bits per heavy atom. The lowest BCUT2D eigenvalue weighted by Crippen LogP contribution is -2.29. The Bertz CT molecular complexity index is 599. The van der Waals surface area contributed by atoms with Gasteiger partial charge in [-0.1, -0.05) is 53.9 Å². The summed E-state index contributed by atoms with van der Waals surface area (Å²) in [5.74, 6) is 5.40. The highest BCUT2D eigenvalue weighted by atomic mass is 79.9. The number of hydrogen-bond acceptors (Lipinski definition) is 2. The van der Waals surface area contributed by atoms with Gasteiger partial charge in [0.2, 0.25) is 0 Å². The molecule has 0 radical (unpaired) electrons. The molecule has 106 valence electrons. The third-order valence-electron chi connectivity index (χ3n) is 2.93. The number of nitrogens with two attached hydrogens (primary N) is 1. The van der Waals surface area contributed by atoms with Crippen LogP contribution in [0.3, 0.4) is 0 Å². The van der Waals surface area contributed by atoms with Crippen LogP contribution in [0.25, 0.3) is 0 Å². The van der Waals surface area contributed by atoms with Crippen LogP contribution in [0, 0.1) is 5.82 Å². The van der Waals surface area contributed by atoms with E-state index < -0.39 is 0 Å². The summed E-state index contributed by atoms with van der Waals surface area (Å²) in [6.45, 7) is 0. The fourth-order valence-electron chi connectivity index (χ4n) is 1.96. The molecule has 0 fully saturated rings. The molecule has 2 aromatic rings. The first kappa shape index (κ1) is 16.1. The lowest BCUT2D eigenvalue weighted by molar-refractivity contribution is 0.549. The summed E-state index contributed by atoms with van der Waals surface area (Å²) >= 11 is 10.3. The van der Waals surface area contributed by atoms with Gasteiger partial charge in [-0.15, -0.1) is 0 Å². The van der Waals surface area contributed by atoms with Gasteiger partial charge < -0.3 is 0 Å². The summed E-state index contributed by atoms with van der Waals surface area (Å²) in [6, 6.07) is 10.6. The fourth-order valence-corrected chi connectivity index (χ4v) is 3.80. The van der Waals surface area contributed by atoms with E-state index in [-0.39, 0.29) is 11.9 Å². The first-order valence-electron chi connectivity index (χ1n) is 5.85. The molecule has 6 heteroatoms. The summed E-state index contributed by atoms with van der Waals surface area (Å²) in [6.07, 6.45) is 0.653. The van der Waals surface area contributed by atoms with Crippen LogP contribution in [0.1, 0.15) is 17.2 Å². The average Bonchev–Trinajstić information content (AvgIpc) is 2.36. The molecule has 0 spiro atoms. The maximum Gasteiger partial charge on any atom is 0.124 e. The van der Waals surface area contributed by atoms with Crippen LogP contribution in [0.4, 0.5) is 4.39 Å². The number of halogens is 4. The largest absolute Gasteiger partial charge is 0.271 e. The van der Waals surface area contributed by atoms with Crippen molar-refractivity contribution in [1.82, 2.24) is 5.43 Å². The van der Waals surface area contributed by atoms with Crippen LogP contribution in [0.5, 0.6) is 0 Å². The monoisotopic (exact) mass is 464 g/mol. The van der Waals surface area contributed by atoms with Crippen LogP contribution in [-0.2, 0) is 6.42 Å². The second kappa shape index (κ2) is 7.13. The standard InChI is InChI=1S/C14H12Br3FN2/c15-10-3-9(4-11(16)6-10)14(20-19)5-8-1-2-12(18)7-13(8)17/h1-4,6-7,14,20H,5,19H2. The summed E-state index contributed by atoms with van der Waals surface area (Å²) < 4.78 is 15.8. The van der Waals surface area contributed by atoms with Gasteiger partial charge in [-0.25, -0.2) is 4.39 Å². The van der Waals surface area contributed by atoms with E-state index in [0.717, 1.165) is 24.5 Å². The van der Waals surface area contributed by atoms with E-state index in [1.165, 1.54) is 12.1 Å². The van der Waals surface area contributed by atoms with Crippen LogP contribution in [-0.4, -0.2) is 0 Å². The SMILES string of the molecule is NNC(Cc1ccc(F)cc1Br)c1cc(Br)cc(Br)c1. The molecule has 0 aliphatic carbocycles. The Hall–Kier alpha value is -0.270. The van der Waals surface area contributed by atoms with Crippen molar-refractivity contribution in [2.75, 3.05) is 0 Å². The molecule has 2 nitrogen and oxygen atoms in total. The van der Waals surface area contributed by atoms with Crippen LogP contribution in [0.15, 0.2) is 49.8 Å². The number of benzene rings is 2. The van der Waals surface area contributed by atoms with Crippen molar-refractivity contribution >= 4 is 47.8 Å². The highest BCUT2D eigenvalue weighted by Gasteiger charge is 2.14. The predicted molar refractivity (Wildman–Crippen MR) is 89.7 cm³/mol. The number of hydrazine groups is 1. The molecule has 0 aromatic heterocycles. The van der Waals surface area contributed by atoms with E-state index >= 15 is 0 Å². The minimum absolute atomic E-state index is 0.0643. The molecule has 0 bridgehead atoms. The molecule has 0 amide bonds. The highest BCUT2D eigenvalue weighted by Crippen LogP contribution is 2.28. The maximum absolute atomic E-state index is 13.1. The normalized spacial score (nSPS) is 12.4. The van der Waals surface area contributed by atoms with Gasteiger partial charge in [-0.2, -0.15) is 0 Å². The van der Waals surface area contributed by atoms with Crippen molar-refractivity contribution in [2.24, 2.45) is 5.84 Å². The van der Waals surface area contributed by atoms with Gasteiger partial charge in [0.15, 0.2) is 0 Å². The molecule has 3 N–H and O–H groups in total. The molecule has 2 aromatic carbocycles. The zero-order chi connectivity index (χ0) is 14.7. The molecule has 0 aliphatic rings. The van der Waals surface area contributed by atoms with Crippen molar-refractivity contribution in [3.63, 3.8) is 0 Å². The van der Waals surface area contributed by atoms with E-state index in [9.17, 15) is 4.39 Å². The van der Waals surface area contributed by atoms with Crippen LogP contribution >= 0.6 is 47.8 Å². The third kappa shape index (κ3) is 4.11. The molecular formula is C14H12Br3FN2. The first-order valence-corrected chi connectivity index (χ1v) is 8.23. The first-order chi connectivity index (χ1) is 9.49. The summed E-state index contributed by atoms with van der Waals surface area (Å²) in [5, 5.41) is 0. The molecule has 0 saturated heterocycles. The quantitative estimate of drug-likeness (QED) is 0.499. The number of hydrogen-bond donors (Lipinski definition) is 2. The molecule has 2 rings (SSSR count). The van der Waals surface area contributed by atoms with Gasteiger partial charge in [0.05, 0.1) is 6.04 Å². The molecular weight excluding hydrogens is 455 g/mol. The van der Waals surface area contributed by atoms with Gasteiger partial charge in [-0.3, -0.25) is 11.3 Å². The van der Waals surface area contributed by atoms with Crippen LogP contribution in [0.2, 0.25) is 0 Å². The molecule has 0 heterocycles. The zero-order valence-corrected chi connectivity index (χ0v) is 15.1. The Kier molecular flexibility index (Phi) is 5.74. The summed E-state index contributed by atoms with van der Waals surface area (Å²) in [5.41, 5.74) is 4.84. The van der Waals surface area contributed by atoms with Crippen molar-refractivity contribution in [3.05, 3.63) is 66.8 Å². The molecule has 1 unspecified atom stereocenters. The van der Waals surface area contributed by atoms with Gasteiger partial charge in [0.25, 0.3) is 0 Å². The van der Waals surface area contributed by atoms with Gasteiger partial charge in [-0.05, 0) is 47.9 Å². The smallest absolute Gasteiger partial charge is 0.124 e. The van der Waals surface area contributed by atoms with Gasteiger partial charge in [0.1, 0.15) is 5.82 Å². The number of rotatable bonds is 4. The second-order valence-corrected chi connectivity index (χ2v) is 7.05. The third-order valence-corrected chi connectivity index (χ3v) is 4.58. The van der Waals surface area contributed by atoms with E-state index in [1.807, 2.05) is 18.2 Å². The second-order valence-electron chi connectivity index (χ2n) is 4.36. The van der Waals surface area contributed by atoms with E-state index in [2.05, 4.69) is 53.2 Å². The zero-order valence-electron chi connectivity index (χ0n) is 10.3. The van der Waals surface area contributed by atoms with Crippen molar-refractivity contribution in [2.45, 2.75) is 12.5 Å². The Labute approximate surface area is 142 Å². The topological polar surface area (TPSA) is 38.0 Å². The van der Waals surface area contributed by atoms with Crippen molar-refractivity contribution in [3.8, 4) is 0 Å². The Morgan fingerprint density at radius 3 is 2.25 bits per heavy atom. The predicted octanol–water partition coefficient (Wildman–Crippen LogP) is 4.86. The molecule has 0 aliphatic heterocycles. The lowest BCUT2D eigenvalue weighted by Gasteiger charge is -2.18. The fraction of sp³-hybridized carbons (Fsp3) is 0.143. The molecule has 0 saturated carbocycles. The van der Waals surface area contributed by atoms with E-state index in [0.29, 0.717) is 6.42 Å².